The van der Waals surface area contributed by atoms with Crippen LogP contribution in [0.15, 0.2) is 36.4 Å². The maximum Gasteiger partial charge on any atom is 0.227 e. The van der Waals surface area contributed by atoms with Gasteiger partial charge in [-0.25, -0.2) is 0 Å². The van der Waals surface area contributed by atoms with Crippen molar-refractivity contribution >= 4 is 23.4 Å². The van der Waals surface area contributed by atoms with Gasteiger partial charge in [-0.15, -0.1) is 0 Å². The molecule has 0 radical (unpaired) electrons. The highest BCUT2D eigenvalue weighted by Gasteiger charge is 2.14. The van der Waals surface area contributed by atoms with Crippen LogP contribution < -0.4 is 10.1 Å². The molecule has 1 aliphatic rings. The first-order valence-electron chi connectivity index (χ1n) is 9.91. The zero-order valence-electron chi connectivity index (χ0n) is 17.1. The third kappa shape index (κ3) is 5.76. The third-order valence-electron chi connectivity index (χ3n) is 5.13. The summed E-state index contributed by atoms with van der Waals surface area (Å²) in [4.78, 5) is 14.9. The van der Waals surface area contributed by atoms with E-state index in [9.17, 15) is 4.79 Å². The van der Waals surface area contributed by atoms with Crippen LogP contribution in [0.25, 0.3) is 0 Å². The number of hydrogen-bond donors (Lipinski definition) is 1. The van der Waals surface area contributed by atoms with Crippen molar-refractivity contribution in [3.05, 3.63) is 58.7 Å². The first-order chi connectivity index (χ1) is 13.5. The highest BCUT2D eigenvalue weighted by Crippen LogP contribution is 2.22. The summed E-state index contributed by atoms with van der Waals surface area (Å²) in [5.74, 6) is 3.24. The minimum absolute atomic E-state index is 0.0145. The van der Waals surface area contributed by atoms with Gasteiger partial charge in [0.15, 0.2) is 0 Å². The fourth-order valence-electron chi connectivity index (χ4n) is 3.42. The average Bonchev–Trinajstić information content (AvgIpc) is 2.67. The molecular formula is C23H30N2O2S. The molecule has 1 N–H and O–H groups in total. The van der Waals surface area contributed by atoms with Gasteiger partial charge in [0.2, 0.25) is 5.91 Å². The van der Waals surface area contributed by atoms with E-state index in [4.69, 9.17) is 4.74 Å². The van der Waals surface area contributed by atoms with Crippen molar-refractivity contribution < 1.29 is 9.53 Å². The van der Waals surface area contributed by atoms with Crippen LogP contribution in [0.2, 0.25) is 0 Å². The smallest absolute Gasteiger partial charge is 0.227 e. The van der Waals surface area contributed by atoms with Crippen LogP contribution in [0.5, 0.6) is 5.75 Å². The largest absolute Gasteiger partial charge is 0.493 e. The first-order valence-corrected chi connectivity index (χ1v) is 11.1. The van der Waals surface area contributed by atoms with Crippen LogP contribution in [-0.4, -0.2) is 42.0 Å². The molecule has 0 spiro atoms. The van der Waals surface area contributed by atoms with Crippen molar-refractivity contribution in [1.29, 1.82) is 0 Å². The number of hydrogen-bond acceptors (Lipinski definition) is 4. The molecule has 0 atom stereocenters. The van der Waals surface area contributed by atoms with E-state index >= 15 is 0 Å². The molecule has 1 amide bonds. The molecule has 1 aliphatic heterocycles. The van der Waals surface area contributed by atoms with E-state index in [0.717, 1.165) is 42.2 Å². The number of nitrogens with one attached hydrogen (secondary N) is 1. The van der Waals surface area contributed by atoms with Gasteiger partial charge in [-0.3, -0.25) is 9.69 Å². The van der Waals surface area contributed by atoms with E-state index in [1.807, 2.05) is 43.0 Å². The Kier molecular flexibility index (Phi) is 7.40. The molecule has 0 aliphatic carbocycles. The highest BCUT2D eigenvalue weighted by atomic mass is 32.2. The van der Waals surface area contributed by atoms with E-state index in [-0.39, 0.29) is 5.91 Å². The number of rotatable bonds is 7. The maximum absolute atomic E-state index is 12.4. The van der Waals surface area contributed by atoms with E-state index in [2.05, 4.69) is 36.2 Å². The van der Waals surface area contributed by atoms with Crippen LogP contribution in [-0.2, 0) is 11.3 Å². The zero-order valence-corrected chi connectivity index (χ0v) is 17.9. The maximum atomic E-state index is 12.4. The molecule has 0 saturated carbocycles. The fraction of sp³-hybridized carbons (Fsp3) is 0.435. The molecule has 0 bridgehead atoms. The Bertz CT molecular complexity index is 816. The Morgan fingerprint density at radius 2 is 1.93 bits per heavy atom. The molecule has 1 heterocycles. The van der Waals surface area contributed by atoms with Crippen LogP contribution >= 0.6 is 11.8 Å². The minimum Gasteiger partial charge on any atom is -0.493 e. The summed E-state index contributed by atoms with van der Waals surface area (Å²) in [5, 5.41) is 3.06. The number of ether oxygens (including phenoxy) is 1. The number of carbonyl (C=O) groups is 1. The summed E-state index contributed by atoms with van der Waals surface area (Å²) >= 11 is 2.02. The number of thioether (sulfide) groups is 1. The van der Waals surface area contributed by atoms with Gasteiger partial charge >= 0.3 is 0 Å². The van der Waals surface area contributed by atoms with Crippen molar-refractivity contribution in [2.75, 3.05) is 36.5 Å². The Morgan fingerprint density at radius 3 is 2.68 bits per heavy atom. The predicted octanol–water partition coefficient (Wildman–Crippen LogP) is 4.57. The van der Waals surface area contributed by atoms with Crippen molar-refractivity contribution in [2.24, 2.45) is 0 Å². The van der Waals surface area contributed by atoms with Crippen LogP contribution in [0, 0.1) is 20.8 Å². The molecule has 150 valence electrons. The summed E-state index contributed by atoms with van der Waals surface area (Å²) in [6.45, 7) is 9.78. The van der Waals surface area contributed by atoms with Crippen molar-refractivity contribution in [2.45, 2.75) is 33.7 Å². The lowest BCUT2D eigenvalue weighted by molar-refractivity contribution is -0.116. The molecule has 1 saturated heterocycles. The quantitative estimate of drug-likeness (QED) is 0.742. The van der Waals surface area contributed by atoms with Gasteiger partial charge in [0.05, 0.1) is 13.0 Å². The second-order valence-electron chi connectivity index (χ2n) is 7.39. The monoisotopic (exact) mass is 398 g/mol. The number of carbonyl (C=O) groups excluding carboxylic acids is 1. The summed E-state index contributed by atoms with van der Waals surface area (Å²) in [6, 6.07) is 12.3. The van der Waals surface area contributed by atoms with Crippen molar-refractivity contribution in [1.82, 2.24) is 4.90 Å². The summed E-state index contributed by atoms with van der Waals surface area (Å²) in [6.07, 6.45) is 0.334. The molecule has 4 nitrogen and oxygen atoms in total. The second-order valence-corrected chi connectivity index (χ2v) is 8.62. The van der Waals surface area contributed by atoms with Gasteiger partial charge in [0.25, 0.3) is 0 Å². The summed E-state index contributed by atoms with van der Waals surface area (Å²) in [5.41, 5.74) is 5.65. The first kappa shape index (κ1) is 20.7. The van der Waals surface area contributed by atoms with Gasteiger partial charge in [-0.2, -0.15) is 11.8 Å². The van der Waals surface area contributed by atoms with Gasteiger partial charge in [-0.05, 0) is 49.6 Å². The van der Waals surface area contributed by atoms with Gasteiger partial charge in [-0.1, -0.05) is 29.8 Å². The molecule has 2 aromatic rings. The lowest BCUT2D eigenvalue weighted by Crippen LogP contribution is -2.32. The van der Waals surface area contributed by atoms with E-state index in [1.165, 1.54) is 22.6 Å². The third-order valence-corrected chi connectivity index (χ3v) is 6.08. The molecule has 28 heavy (non-hydrogen) atoms. The molecule has 0 aromatic heterocycles. The van der Waals surface area contributed by atoms with Crippen molar-refractivity contribution in [3.8, 4) is 5.75 Å². The standard InChI is InChI=1S/C23H30N2O2S/c1-17-7-8-22(18(2)15-17)27-12-9-23(26)24-21-6-4-5-20(19(21)3)16-25-10-13-28-14-11-25/h4-8,15H,9-14,16H2,1-3H3,(H,24,26). The SMILES string of the molecule is Cc1ccc(OCCC(=O)Nc2cccc(CN3CCSCC3)c2C)c(C)c1. The normalized spacial score (nSPS) is 14.7. The second kappa shape index (κ2) is 9.99. The molecular weight excluding hydrogens is 368 g/mol. The summed E-state index contributed by atoms with van der Waals surface area (Å²) in [7, 11) is 0. The Hall–Kier alpha value is -1.98. The Balaban J connectivity index is 1.52. The predicted molar refractivity (Wildman–Crippen MR) is 118 cm³/mol. The van der Waals surface area contributed by atoms with E-state index < -0.39 is 0 Å². The van der Waals surface area contributed by atoms with Gasteiger partial charge in [0, 0.05) is 36.8 Å². The average molecular weight is 399 g/mol. The Labute approximate surface area is 172 Å². The molecule has 3 rings (SSSR count). The number of nitrogens with zero attached hydrogens (tertiary/aromatic N) is 1. The molecule has 0 unspecified atom stereocenters. The highest BCUT2D eigenvalue weighted by molar-refractivity contribution is 7.99. The van der Waals surface area contributed by atoms with E-state index in [0.29, 0.717) is 13.0 Å². The zero-order chi connectivity index (χ0) is 19.9. The summed E-state index contributed by atoms with van der Waals surface area (Å²) < 4.78 is 5.79. The van der Waals surface area contributed by atoms with E-state index in [1.54, 1.807) is 0 Å². The number of anilines is 1. The van der Waals surface area contributed by atoms with Crippen LogP contribution in [0.3, 0.4) is 0 Å². The molecule has 1 fully saturated rings. The fourth-order valence-corrected chi connectivity index (χ4v) is 4.40. The van der Waals surface area contributed by atoms with Gasteiger partial charge in [0.1, 0.15) is 5.75 Å². The van der Waals surface area contributed by atoms with Gasteiger partial charge < -0.3 is 10.1 Å². The van der Waals surface area contributed by atoms with Crippen LogP contribution in [0.1, 0.15) is 28.7 Å². The van der Waals surface area contributed by atoms with Crippen LogP contribution in [0.4, 0.5) is 5.69 Å². The molecule has 2 aromatic carbocycles. The topological polar surface area (TPSA) is 41.6 Å². The number of amides is 1. The minimum atomic E-state index is -0.0145. The molecule has 5 heteroatoms. The lowest BCUT2D eigenvalue weighted by atomic mass is 10.1. The number of aryl methyl sites for hydroxylation is 2. The lowest BCUT2D eigenvalue weighted by Gasteiger charge is -2.27. The van der Waals surface area contributed by atoms with Crippen molar-refractivity contribution in [3.63, 3.8) is 0 Å². The number of benzene rings is 2. The Morgan fingerprint density at radius 1 is 1.14 bits per heavy atom.